The van der Waals surface area contributed by atoms with Crippen LogP contribution in [0.15, 0.2) is 114 Å². The molecule has 0 saturated carbocycles. The number of amides is 3. The molecule has 4 aromatic rings. The number of hydrogen-bond donors (Lipinski definition) is 3. The molecule has 4 rings (SSSR count). The summed E-state index contributed by atoms with van der Waals surface area (Å²) in [7, 11) is 3.87. The second-order valence-corrected chi connectivity index (χ2v) is 10.2. The maximum absolute atomic E-state index is 13.8. The fourth-order valence-corrected chi connectivity index (χ4v) is 4.49. The Balaban J connectivity index is 1.47. The van der Waals surface area contributed by atoms with E-state index in [0.717, 1.165) is 16.1 Å². The molecule has 0 heterocycles. The molecule has 0 radical (unpaired) electrons. The predicted octanol–water partition coefficient (Wildman–Crippen LogP) is 6.03. The van der Waals surface area contributed by atoms with Gasteiger partial charge in [-0.15, -0.1) is 11.8 Å². The van der Waals surface area contributed by atoms with Crippen LogP contribution in [0.3, 0.4) is 0 Å². The normalized spacial score (nSPS) is 11.0. The predicted molar refractivity (Wildman–Crippen MR) is 163 cm³/mol. The first kappa shape index (κ1) is 29.1. The molecule has 0 fully saturated rings. The molecule has 0 spiro atoms. The van der Waals surface area contributed by atoms with Crippen LogP contribution in [0, 0.1) is 5.82 Å². The van der Waals surface area contributed by atoms with Gasteiger partial charge in [0.05, 0.1) is 11.4 Å². The SMILES string of the molecule is CN(C)c1ccc(/C=C(/NC(=O)c2ccccc2)C(=O)Nc2cccc(SCC(=O)Nc3ccccc3F)c2)cc1. The number of hydrogen-bond acceptors (Lipinski definition) is 5. The number of halogens is 1. The number of rotatable bonds is 10. The summed E-state index contributed by atoms with van der Waals surface area (Å²) < 4.78 is 13.8. The van der Waals surface area contributed by atoms with E-state index in [2.05, 4.69) is 16.0 Å². The van der Waals surface area contributed by atoms with Crippen molar-refractivity contribution in [3.05, 3.63) is 126 Å². The van der Waals surface area contributed by atoms with E-state index in [-0.39, 0.29) is 23.0 Å². The third kappa shape index (κ3) is 8.55. The summed E-state index contributed by atoms with van der Waals surface area (Å²) >= 11 is 1.24. The van der Waals surface area contributed by atoms with Crippen LogP contribution >= 0.6 is 11.8 Å². The van der Waals surface area contributed by atoms with Crippen molar-refractivity contribution in [2.75, 3.05) is 35.4 Å². The number of carbonyl (C=O) groups excluding carboxylic acids is 3. The van der Waals surface area contributed by atoms with Crippen molar-refractivity contribution in [2.24, 2.45) is 0 Å². The molecule has 0 atom stereocenters. The molecule has 4 aromatic carbocycles. The van der Waals surface area contributed by atoms with Gasteiger partial charge in [-0.1, -0.05) is 48.5 Å². The van der Waals surface area contributed by atoms with Crippen molar-refractivity contribution in [1.82, 2.24) is 5.32 Å². The minimum absolute atomic E-state index is 0.0486. The minimum atomic E-state index is -0.509. The molecule has 3 N–H and O–H groups in total. The van der Waals surface area contributed by atoms with Gasteiger partial charge in [-0.05, 0) is 66.2 Å². The van der Waals surface area contributed by atoms with Gasteiger partial charge in [-0.25, -0.2) is 4.39 Å². The number of benzene rings is 4. The fraction of sp³-hybridized carbons (Fsp3) is 0.0938. The van der Waals surface area contributed by atoms with E-state index >= 15 is 0 Å². The molecule has 0 aliphatic rings. The lowest BCUT2D eigenvalue weighted by Gasteiger charge is -2.14. The van der Waals surface area contributed by atoms with E-state index < -0.39 is 17.6 Å². The molecular weight excluding hydrogens is 539 g/mol. The molecule has 0 aromatic heterocycles. The van der Waals surface area contributed by atoms with Crippen LogP contribution in [0.5, 0.6) is 0 Å². The van der Waals surface area contributed by atoms with E-state index in [4.69, 9.17) is 0 Å². The second-order valence-electron chi connectivity index (χ2n) is 9.16. The van der Waals surface area contributed by atoms with Crippen molar-refractivity contribution >= 4 is 52.6 Å². The van der Waals surface area contributed by atoms with E-state index in [1.54, 1.807) is 72.8 Å². The molecular formula is C32H29FN4O3S. The van der Waals surface area contributed by atoms with Gasteiger partial charge in [-0.2, -0.15) is 0 Å². The zero-order valence-corrected chi connectivity index (χ0v) is 23.4. The van der Waals surface area contributed by atoms with Crippen LogP contribution in [0.2, 0.25) is 0 Å². The van der Waals surface area contributed by atoms with E-state index in [9.17, 15) is 18.8 Å². The fourth-order valence-electron chi connectivity index (χ4n) is 3.74. The van der Waals surface area contributed by atoms with Crippen molar-refractivity contribution in [3.8, 4) is 0 Å². The maximum Gasteiger partial charge on any atom is 0.272 e. The Morgan fingerprint density at radius 1 is 0.829 bits per heavy atom. The molecule has 0 saturated heterocycles. The number of carbonyl (C=O) groups is 3. The lowest BCUT2D eigenvalue weighted by molar-refractivity contribution is -0.114. The summed E-state index contributed by atoms with van der Waals surface area (Å²) in [4.78, 5) is 41.3. The molecule has 208 valence electrons. The number of thioether (sulfide) groups is 1. The molecule has 9 heteroatoms. The molecule has 0 unspecified atom stereocenters. The number of nitrogens with one attached hydrogen (secondary N) is 3. The maximum atomic E-state index is 13.8. The lowest BCUT2D eigenvalue weighted by Crippen LogP contribution is -2.30. The van der Waals surface area contributed by atoms with E-state index in [0.29, 0.717) is 11.3 Å². The van der Waals surface area contributed by atoms with Crippen LogP contribution in [0.25, 0.3) is 6.08 Å². The summed E-state index contributed by atoms with van der Waals surface area (Å²) in [5.74, 6) is -1.74. The molecule has 0 bridgehead atoms. The van der Waals surface area contributed by atoms with Crippen molar-refractivity contribution < 1.29 is 18.8 Å². The molecule has 0 aliphatic heterocycles. The number of nitrogens with zero attached hydrogens (tertiary/aromatic N) is 1. The standard InChI is InChI=1S/C32H29FN4O3S/c1-37(2)25-17-15-22(16-18-25)19-29(36-31(39)23-9-4-3-5-10-23)32(40)34-24-11-8-12-26(20-24)41-21-30(38)35-28-14-7-6-13-27(28)33/h3-20H,21H2,1-2H3,(H,34,40)(H,35,38)(H,36,39)/b29-19+. The first-order valence-electron chi connectivity index (χ1n) is 12.7. The Labute approximate surface area is 242 Å². The van der Waals surface area contributed by atoms with Gasteiger partial charge in [0.25, 0.3) is 11.8 Å². The largest absolute Gasteiger partial charge is 0.378 e. The van der Waals surface area contributed by atoms with Gasteiger partial charge in [-0.3, -0.25) is 14.4 Å². The zero-order chi connectivity index (χ0) is 29.2. The number of para-hydroxylation sites is 1. The summed E-state index contributed by atoms with van der Waals surface area (Å²) in [5.41, 5.74) is 2.82. The summed E-state index contributed by atoms with van der Waals surface area (Å²) in [5, 5.41) is 8.11. The third-order valence-electron chi connectivity index (χ3n) is 5.86. The smallest absolute Gasteiger partial charge is 0.272 e. The highest BCUT2D eigenvalue weighted by Gasteiger charge is 2.16. The van der Waals surface area contributed by atoms with Crippen LogP contribution in [0.4, 0.5) is 21.5 Å². The van der Waals surface area contributed by atoms with Gasteiger partial charge in [0.15, 0.2) is 0 Å². The van der Waals surface area contributed by atoms with Crippen molar-refractivity contribution in [3.63, 3.8) is 0 Å². The minimum Gasteiger partial charge on any atom is -0.378 e. The monoisotopic (exact) mass is 568 g/mol. The van der Waals surface area contributed by atoms with Crippen LogP contribution in [0.1, 0.15) is 15.9 Å². The summed E-state index contributed by atoms with van der Waals surface area (Å²) in [6.45, 7) is 0. The quantitative estimate of drug-likeness (QED) is 0.161. The van der Waals surface area contributed by atoms with Crippen LogP contribution in [-0.4, -0.2) is 37.6 Å². The first-order chi connectivity index (χ1) is 19.8. The Morgan fingerprint density at radius 3 is 2.24 bits per heavy atom. The van der Waals surface area contributed by atoms with Crippen LogP contribution < -0.4 is 20.9 Å². The zero-order valence-electron chi connectivity index (χ0n) is 22.6. The van der Waals surface area contributed by atoms with Crippen molar-refractivity contribution in [1.29, 1.82) is 0 Å². The first-order valence-corrected chi connectivity index (χ1v) is 13.7. The van der Waals surface area contributed by atoms with Gasteiger partial charge in [0.1, 0.15) is 11.5 Å². The highest BCUT2D eigenvalue weighted by atomic mass is 32.2. The Hall–Kier alpha value is -4.89. The highest BCUT2D eigenvalue weighted by Crippen LogP contribution is 2.23. The van der Waals surface area contributed by atoms with E-state index in [1.165, 1.54) is 23.9 Å². The lowest BCUT2D eigenvalue weighted by atomic mass is 10.1. The molecule has 7 nitrogen and oxygen atoms in total. The summed E-state index contributed by atoms with van der Waals surface area (Å²) in [6, 6.07) is 29.1. The topological polar surface area (TPSA) is 90.5 Å². The Bertz CT molecular complexity index is 1560. The van der Waals surface area contributed by atoms with Crippen molar-refractivity contribution in [2.45, 2.75) is 4.90 Å². The number of anilines is 3. The van der Waals surface area contributed by atoms with Gasteiger partial charge >= 0.3 is 0 Å². The Kier molecular flexibility index (Phi) is 9.90. The molecule has 0 aliphatic carbocycles. The average Bonchev–Trinajstić information content (AvgIpc) is 2.98. The average molecular weight is 569 g/mol. The van der Waals surface area contributed by atoms with E-state index in [1.807, 2.05) is 43.3 Å². The third-order valence-corrected chi connectivity index (χ3v) is 6.85. The molecule has 41 heavy (non-hydrogen) atoms. The molecule has 3 amide bonds. The van der Waals surface area contributed by atoms with Gasteiger partial charge in [0, 0.05) is 35.9 Å². The van der Waals surface area contributed by atoms with Gasteiger partial charge in [0.2, 0.25) is 5.91 Å². The summed E-state index contributed by atoms with van der Waals surface area (Å²) in [6.07, 6.45) is 1.61. The highest BCUT2D eigenvalue weighted by molar-refractivity contribution is 8.00. The van der Waals surface area contributed by atoms with Gasteiger partial charge < -0.3 is 20.9 Å². The Morgan fingerprint density at radius 2 is 1.54 bits per heavy atom. The second kappa shape index (κ2) is 14.0. The van der Waals surface area contributed by atoms with Crippen LogP contribution in [-0.2, 0) is 9.59 Å².